The summed E-state index contributed by atoms with van der Waals surface area (Å²) in [5.41, 5.74) is 0.281. The predicted octanol–water partition coefficient (Wildman–Crippen LogP) is 0.824. The van der Waals surface area contributed by atoms with Crippen LogP contribution in [0.5, 0.6) is 0 Å². The molecule has 0 aliphatic carbocycles. The molecule has 1 aliphatic rings. The fourth-order valence-corrected chi connectivity index (χ4v) is 1.30. The van der Waals surface area contributed by atoms with Crippen LogP contribution in [-0.4, -0.2) is 28.1 Å². The summed E-state index contributed by atoms with van der Waals surface area (Å²) < 4.78 is 0. The molecule has 0 atom stereocenters. The van der Waals surface area contributed by atoms with Gasteiger partial charge in [-0.2, -0.15) is 0 Å². The molecule has 1 N–H and O–H groups in total. The summed E-state index contributed by atoms with van der Waals surface area (Å²) >= 11 is 0. The number of benzene rings is 1. The van der Waals surface area contributed by atoms with Gasteiger partial charge >= 0.3 is 6.16 Å². The van der Waals surface area contributed by atoms with E-state index in [1.165, 1.54) is 12.1 Å². The van der Waals surface area contributed by atoms with Crippen molar-refractivity contribution in [1.29, 1.82) is 0 Å². The van der Waals surface area contributed by atoms with Crippen LogP contribution in [0.3, 0.4) is 0 Å². The number of nitrogens with zero attached hydrogens (tertiary/aromatic N) is 1. The first kappa shape index (κ1) is 10.1. The standard InChI is InChI=1S/C9H5NO6/c11-7-5-3-1-2-4-6(5)8(12)10(7)16-15-9(13)14/h1-4H,(H,13,14). The fourth-order valence-electron chi connectivity index (χ4n) is 1.30. The van der Waals surface area contributed by atoms with Crippen molar-refractivity contribution in [2.75, 3.05) is 0 Å². The first-order chi connectivity index (χ1) is 7.61. The van der Waals surface area contributed by atoms with Gasteiger partial charge in [-0.25, -0.2) is 9.68 Å². The van der Waals surface area contributed by atoms with Gasteiger partial charge in [-0.05, 0) is 17.1 Å². The Kier molecular flexibility index (Phi) is 2.29. The van der Waals surface area contributed by atoms with Crippen LogP contribution in [0.4, 0.5) is 4.79 Å². The molecule has 0 fully saturated rings. The third-order valence-corrected chi connectivity index (χ3v) is 1.94. The number of hydroxylamine groups is 2. The van der Waals surface area contributed by atoms with Crippen LogP contribution in [0.25, 0.3) is 0 Å². The maximum absolute atomic E-state index is 11.5. The van der Waals surface area contributed by atoms with E-state index in [1.807, 2.05) is 0 Å². The summed E-state index contributed by atoms with van der Waals surface area (Å²) in [6.07, 6.45) is -1.75. The van der Waals surface area contributed by atoms with Gasteiger partial charge in [0.1, 0.15) is 0 Å². The van der Waals surface area contributed by atoms with Crippen LogP contribution in [0.15, 0.2) is 24.3 Å². The lowest BCUT2D eigenvalue weighted by Crippen LogP contribution is -2.30. The molecule has 2 rings (SSSR count). The Hall–Kier alpha value is -2.41. The van der Waals surface area contributed by atoms with Crippen LogP contribution in [0.1, 0.15) is 20.7 Å². The quantitative estimate of drug-likeness (QED) is 0.453. The smallest absolute Gasteiger partial charge is 0.448 e. The van der Waals surface area contributed by atoms with Gasteiger partial charge in [0, 0.05) is 0 Å². The van der Waals surface area contributed by atoms with Gasteiger partial charge in [0.2, 0.25) is 0 Å². The third-order valence-electron chi connectivity index (χ3n) is 1.94. The van der Waals surface area contributed by atoms with Gasteiger partial charge in [-0.1, -0.05) is 12.1 Å². The zero-order valence-corrected chi connectivity index (χ0v) is 7.75. The highest BCUT2D eigenvalue weighted by Crippen LogP contribution is 2.22. The second-order valence-electron chi connectivity index (χ2n) is 2.87. The molecule has 0 unspecified atom stereocenters. The molecule has 0 saturated heterocycles. The zero-order chi connectivity index (χ0) is 11.7. The van der Waals surface area contributed by atoms with Crippen LogP contribution < -0.4 is 0 Å². The first-order valence-electron chi connectivity index (χ1n) is 4.16. The molecule has 1 heterocycles. The minimum absolute atomic E-state index is 0.140. The average molecular weight is 223 g/mol. The highest BCUT2D eigenvalue weighted by molar-refractivity contribution is 6.20. The van der Waals surface area contributed by atoms with Crippen molar-refractivity contribution in [1.82, 2.24) is 5.06 Å². The van der Waals surface area contributed by atoms with E-state index in [0.717, 1.165) is 0 Å². The molecule has 0 aromatic heterocycles. The van der Waals surface area contributed by atoms with Crippen molar-refractivity contribution in [2.45, 2.75) is 0 Å². The second kappa shape index (κ2) is 3.63. The molecule has 1 aromatic carbocycles. The molecular formula is C9H5NO6. The lowest BCUT2D eigenvalue weighted by atomic mass is 10.1. The Morgan fingerprint density at radius 2 is 1.62 bits per heavy atom. The van der Waals surface area contributed by atoms with E-state index >= 15 is 0 Å². The summed E-state index contributed by atoms with van der Waals surface area (Å²) in [5, 5.41) is 8.42. The SMILES string of the molecule is O=C(O)OON1C(=O)c2ccccc2C1=O. The van der Waals surface area contributed by atoms with Crippen molar-refractivity contribution in [3.63, 3.8) is 0 Å². The molecule has 16 heavy (non-hydrogen) atoms. The van der Waals surface area contributed by atoms with Crippen LogP contribution in [-0.2, 0) is 9.88 Å². The van der Waals surface area contributed by atoms with E-state index in [-0.39, 0.29) is 16.2 Å². The molecule has 0 bridgehead atoms. The molecule has 0 spiro atoms. The molecule has 7 nitrogen and oxygen atoms in total. The van der Waals surface area contributed by atoms with Crippen molar-refractivity contribution in [3.8, 4) is 0 Å². The van der Waals surface area contributed by atoms with Crippen LogP contribution >= 0.6 is 0 Å². The third kappa shape index (κ3) is 1.48. The van der Waals surface area contributed by atoms with Gasteiger partial charge in [0.15, 0.2) is 0 Å². The predicted molar refractivity (Wildman–Crippen MR) is 47.1 cm³/mol. The zero-order valence-electron chi connectivity index (χ0n) is 7.75. The van der Waals surface area contributed by atoms with E-state index < -0.39 is 18.0 Å². The number of carboxylic acid groups (broad SMARTS) is 1. The molecule has 1 aromatic rings. The van der Waals surface area contributed by atoms with Gasteiger partial charge < -0.3 is 5.11 Å². The van der Waals surface area contributed by atoms with Gasteiger partial charge in [-0.3, -0.25) is 9.59 Å². The van der Waals surface area contributed by atoms with Crippen LogP contribution in [0, 0.1) is 0 Å². The van der Waals surface area contributed by atoms with Crippen molar-refractivity contribution in [3.05, 3.63) is 35.4 Å². The summed E-state index contributed by atoms with van der Waals surface area (Å²) in [6.45, 7) is 0. The first-order valence-corrected chi connectivity index (χ1v) is 4.16. The largest absolute Gasteiger partial charge is 0.539 e. The monoisotopic (exact) mass is 223 g/mol. The Morgan fingerprint density at radius 3 is 2.06 bits per heavy atom. The van der Waals surface area contributed by atoms with E-state index in [2.05, 4.69) is 9.88 Å². The maximum atomic E-state index is 11.5. The van der Waals surface area contributed by atoms with E-state index in [4.69, 9.17) is 5.11 Å². The van der Waals surface area contributed by atoms with E-state index in [0.29, 0.717) is 0 Å². The number of hydrogen-bond acceptors (Lipinski definition) is 5. The Labute approximate surface area is 88.7 Å². The highest BCUT2D eigenvalue weighted by atomic mass is 17.3. The Balaban J connectivity index is 2.25. The molecule has 0 radical (unpaired) electrons. The number of rotatable bonds is 2. The lowest BCUT2D eigenvalue weighted by Gasteiger charge is -2.08. The summed E-state index contributed by atoms with van der Waals surface area (Å²) in [5.74, 6) is -1.52. The van der Waals surface area contributed by atoms with E-state index in [9.17, 15) is 14.4 Å². The Bertz CT molecular complexity index is 448. The van der Waals surface area contributed by atoms with Crippen molar-refractivity contribution >= 4 is 18.0 Å². The fraction of sp³-hybridized carbons (Fsp3) is 0. The van der Waals surface area contributed by atoms with Crippen molar-refractivity contribution in [2.24, 2.45) is 0 Å². The van der Waals surface area contributed by atoms with E-state index in [1.54, 1.807) is 12.1 Å². The molecule has 1 aliphatic heterocycles. The van der Waals surface area contributed by atoms with Gasteiger partial charge in [-0.15, -0.1) is 5.06 Å². The number of carbonyl (C=O) groups excluding carboxylic acids is 2. The molecule has 2 amide bonds. The molecular weight excluding hydrogens is 218 g/mol. The van der Waals surface area contributed by atoms with Gasteiger partial charge in [0.05, 0.1) is 11.1 Å². The highest BCUT2D eigenvalue weighted by Gasteiger charge is 2.38. The van der Waals surface area contributed by atoms with Gasteiger partial charge in [0.25, 0.3) is 11.8 Å². The Morgan fingerprint density at radius 1 is 1.12 bits per heavy atom. The summed E-state index contributed by atoms with van der Waals surface area (Å²) in [7, 11) is 0. The minimum atomic E-state index is -1.75. The normalized spacial score (nSPS) is 13.9. The number of amides is 2. The number of carbonyl (C=O) groups is 3. The molecule has 82 valence electrons. The number of imide groups is 1. The topological polar surface area (TPSA) is 93.1 Å². The maximum Gasteiger partial charge on any atom is 0.539 e. The summed E-state index contributed by atoms with van der Waals surface area (Å²) in [4.78, 5) is 40.9. The number of hydrogen-bond donors (Lipinski definition) is 1. The second-order valence-corrected chi connectivity index (χ2v) is 2.87. The number of fused-ring (bicyclic) bond motifs is 1. The lowest BCUT2D eigenvalue weighted by molar-refractivity contribution is -0.348. The summed E-state index contributed by atoms with van der Waals surface area (Å²) in [6, 6.07) is 6.01. The minimum Gasteiger partial charge on any atom is -0.448 e. The molecule has 0 saturated carbocycles. The molecule has 7 heteroatoms. The van der Waals surface area contributed by atoms with Crippen LogP contribution in [0.2, 0.25) is 0 Å². The average Bonchev–Trinajstić information content (AvgIpc) is 2.50. The van der Waals surface area contributed by atoms with Crippen molar-refractivity contribution < 1.29 is 29.4 Å².